The molecule has 1 aliphatic heterocycles. The summed E-state index contributed by atoms with van der Waals surface area (Å²) in [6.45, 7) is -0.0962. The summed E-state index contributed by atoms with van der Waals surface area (Å²) in [5, 5.41) is 3.58. The zero-order valence-electron chi connectivity index (χ0n) is 13.7. The number of primary amides is 1. The van der Waals surface area contributed by atoms with Crippen LogP contribution in [0, 0.1) is 5.82 Å². The molecule has 0 bridgehead atoms. The molecule has 0 radical (unpaired) electrons. The van der Waals surface area contributed by atoms with Crippen molar-refractivity contribution in [2.45, 2.75) is 6.10 Å². The zero-order chi connectivity index (χ0) is 19.6. The molecule has 1 aliphatic rings. The molecule has 0 saturated carbocycles. The number of amides is 2. The van der Waals surface area contributed by atoms with Crippen molar-refractivity contribution < 1.29 is 18.7 Å². The molecule has 0 spiro atoms. The van der Waals surface area contributed by atoms with Crippen molar-refractivity contribution in [1.82, 2.24) is 4.98 Å². The van der Waals surface area contributed by atoms with Gasteiger partial charge < -0.3 is 10.5 Å². The highest BCUT2D eigenvalue weighted by molar-refractivity contribution is 6.29. The molecule has 2 amide bonds. The van der Waals surface area contributed by atoms with E-state index in [-0.39, 0.29) is 29.5 Å². The molecule has 0 unspecified atom stereocenters. The van der Waals surface area contributed by atoms with E-state index in [1.54, 1.807) is 0 Å². The highest BCUT2D eigenvalue weighted by atomic mass is 35.5. The van der Waals surface area contributed by atoms with Gasteiger partial charge in [0.2, 0.25) is 0 Å². The number of halogens is 2. The molecule has 2 heterocycles. The first-order valence-electron chi connectivity index (χ1n) is 7.65. The van der Waals surface area contributed by atoms with E-state index in [1.165, 1.54) is 30.5 Å². The molecule has 1 aromatic heterocycles. The van der Waals surface area contributed by atoms with Gasteiger partial charge in [-0.1, -0.05) is 16.7 Å². The third-order valence-corrected chi connectivity index (χ3v) is 4.14. The Balaban J connectivity index is 2.03. The van der Waals surface area contributed by atoms with Gasteiger partial charge in [-0.05, 0) is 29.8 Å². The average Bonchev–Trinajstić information content (AvgIpc) is 3.00. The van der Waals surface area contributed by atoms with E-state index >= 15 is 4.39 Å². The van der Waals surface area contributed by atoms with Crippen LogP contribution in [0.4, 0.5) is 14.9 Å². The van der Waals surface area contributed by atoms with E-state index in [9.17, 15) is 9.59 Å². The predicted molar refractivity (Wildman–Crippen MR) is 94.8 cm³/mol. The summed E-state index contributed by atoms with van der Waals surface area (Å²) >= 11 is 5.73. The van der Waals surface area contributed by atoms with Gasteiger partial charge in [-0.25, -0.2) is 14.2 Å². The molecule has 1 fully saturated rings. The van der Waals surface area contributed by atoms with Crippen molar-refractivity contribution in [1.29, 1.82) is 0 Å². The van der Waals surface area contributed by atoms with Crippen LogP contribution in [0.1, 0.15) is 10.4 Å². The van der Waals surface area contributed by atoms with Crippen molar-refractivity contribution in [3.63, 3.8) is 0 Å². The molecule has 0 aliphatic carbocycles. The number of hydrogen-bond donors (Lipinski definition) is 1. The van der Waals surface area contributed by atoms with Crippen molar-refractivity contribution in [3.05, 3.63) is 57.4 Å². The van der Waals surface area contributed by atoms with Crippen LogP contribution in [0.25, 0.3) is 21.6 Å². The van der Waals surface area contributed by atoms with Crippen molar-refractivity contribution >= 4 is 29.3 Å². The van der Waals surface area contributed by atoms with Crippen LogP contribution >= 0.6 is 11.6 Å². The Morgan fingerprint density at radius 3 is 2.89 bits per heavy atom. The molecule has 3 rings (SSSR count). The van der Waals surface area contributed by atoms with E-state index in [0.29, 0.717) is 5.56 Å². The van der Waals surface area contributed by atoms with Crippen LogP contribution in [0.15, 0.2) is 35.6 Å². The minimum Gasteiger partial charge on any atom is -0.444 e. The summed E-state index contributed by atoms with van der Waals surface area (Å²) in [6, 6.07) is 5.81. The number of hydrogen-bond acceptors (Lipinski definition) is 5. The predicted octanol–water partition coefficient (Wildman–Crippen LogP) is 3.28. The highest BCUT2D eigenvalue weighted by Crippen LogP contribution is 2.33. The first-order chi connectivity index (χ1) is 12.9. The van der Waals surface area contributed by atoms with Gasteiger partial charge in [-0.3, -0.25) is 9.69 Å². The van der Waals surface area contributed by atoms with Gasteiger partial charge in [0, 0.05) is 22.2 Å². The van der Waals surface area contributed by atoms with Gasteiger partial charge in [-0.15, -0.1) is 0 Å². The fourth-order valence-corrected chi connectivity index (χ4v) is 2.84. The number of benzene rings is 1. The number of rotatable bonds is 5. The largest absolute Gasteiger partial charge is 0.444 e. The lowest BCUT2D eigenvalue weighted by Crippen LogP contribution is -2.29. The van der Waals surface area contributed by atoms with Crippen LogP contribution in [0.5, 0.6) is 0 Å². The number of ether oxygens (including phenoxy) is 1. The molecule has 11 heteroatoms. The second-order valence-corrected chi connectivity index (χ2v) is 5.97. The van der Waals surface area contributed by atoms with Crippen molar-refractivity contribution in [2.24, 2.45) is 10.8 Å². The van der Waals surface area contributed by atoms with Crippen LogP contribution in [-0.2, 0) is 4.74 Å². The van der Waals surface area contributed by atoms with Gasteiger partial charge in [0.05, 0.1) is 24.3 Å². The monoisotopic (exact) mass is 390 g/mol. The zero-order valence-corrected chi connectivity index (χ0v) is 14.4. The Kier molecular flexibility index (Phi) is 5.11. The number of azide groups is 1. The van der Waals surface area contributed by atoms with Gasteiger partial charge >= 0.3 is 6.09 Å². The van der Waals surface area contributed by atoms with E-state index in [4.69, 9.17) is 27.6 Å². The number of anilines is 1. The number of nitrogens with two attached hydrogens (primary N) is 1. The number of carbonyl (C=O) groups is 2. The van der Waals surface area contributed by atoms with Crippen LogP contribution in [0.3, 0.4) is 0 Å². The lowest BCUT2D eigenvalue weighted by molar-refractivity contribution is 0.0997. The third-order valence-electron chi connectivity index (χ3n) is 3.92. The van der Waals surface area contributed by atoms with Gasteiger partial charge in [-0.2, -0.15) is 0 Å². The minimum atomic E-state index is -1.04. The van der Waals surface area contributed by atoms with Crippen molar-refractivity contribution in [2.75, 3.05) is 18.0 Å². The first kappa shape index (κ1) is 18.4. The topological polar surface area (TPSA) is 134 Å². The first-order valence-corrected chi connectivity index (χ1v) is 8.03. The Morgan fingerprint density at radius 2 is 2.26 bits per heavy atom. The number of aromatic nitrogens is 1. The number of nitrogens with zero attached hydrogens (tertiary/aromatic N) is 5. The van der Waals surface area contributed by atoms with Gasteiger partial charge in [0.1, 0.15) is 17.1 Å². The molecular weight excluding hydrogens is 379 g/mol. The molecular formula is C16H12ClFN6O3. The molecule has 1 saturated heterocycles. The van der Waals surface area contributed by atoms with E-state index in [2.05, 4.69) is 15.0 Å². The number of cyclic esters (lactones) is 1. The maximum absolute atomic E-state index is 15.0. The van der Waals surface area contributed by atoms with Gasteiger partial charge in [0.15, 0.2) is 0 Å². The molecule has 9 nitrogen and oxygen atoms in total. The van der Waals surface area contributed by atoms with Gasteiger partial charge in [0.25, 0.3) is 5.91 Å². The van der Waals surface area contributed by atoms with E-state index in [1.807, 2.05) is 0 Å². The molecule has 2 N–H and O–H groups in total. The number of pyridine rings is 1. The third kappa shape index (κ3) is 3.62. The molecule has 138 valence electrons. The summed E-state index contributed by atoms with van der Waals surface area (Å²) in [6.07, 6.45) is -0.154. The average molecular weight is 391 g/mol. The second-order valence-electron chi connectivity index (χ2n) is 5.58. The fraction of sp³-hybridized carbons (Fsp3) is 0.188. The minimum absolute atomic E-state index is 0.0145. The summed E-state index contributed by atoms with van der Waals surface area (Å²) in [5.74, 6) is -1.94. The number of carbonyl (C=O) groups excluding carboxylic acids is 2. The van der Waals surface area contributed by atoms with Crippen LogP contribution in [-0.4, -0.2) is 36.2 Å². The SMILES string of the molecule is [N-]=[N+]=NC[C@@H]1CN(c2ccc(-c3ccc(Cl)nc3)c(F)c2C(N)=O)C(=O)O1. The quantitative estimate of drug-likeness (QED) is 0.362. The van der Waals surface area contributed by atoms with Crippen molar-refractivity contribution in [3.8, 4) is 11.1 Å². The molecule has 1 atom stereocenters. The summed E-state index contributed by atoms with van der Waals surface area (Å²) in [7, 11) is 0. The Bertz CT molecular complexity index is 961. The maximum Gasteiger partial charge on any atom is 0.414 e. The normalized spacial score (nSPS) is 16.0. The standard InChI is InChI=1S/C16H12ClFN6O3/c17-12-4-1-8(5-21-12)10-2-3-11(13(14(10)18)15(19)25)24-7-9(6-22-23-20)27-16(24)26/h1-5,9H,6-7H2,(H2,19,25)/t9-/m1/s1. The Hall–Kier alpha value is -3.36. The highest BCUT2D eigenvalue weighted by Gasteiger charge is 2.35. The summed E-state index contributed by atoms with van der Waals surface area (Å²) < 4.78 is 20.1. The molecule has 27 heavy (non-hydrogen) atoms. The summed E-state index contributed by atoms with van der Waals surface area (Å²) in [5.41, 5.74) is 13.7. The van der Waals surface area contributed by atoms with Crippen LogP contribution in [0.2, 0.25) is 5.15 Å². The molecule has 2 aromatic rings. The lowest BCUT2D eigenvalue weighted by atomic mass is 10.0. The lowest BCUT2D eigenvalue weighted by Gasteiger charge is -2.18. The second kappa shape index (κ2) is 7.48. The maximum atomic E-state index is 15.0. The van der Waals surface area contributed by atoms with E-state index in [0.717, 1.165) is 4.90 Å². The van der Waals surface area contributed by atoms with Crippen LogP contribution < -0.4 is 10.6 Å². The Morgan fingerprint density at radius 1 is 1.48 bits per heavy atom. The smallest absolute Gasteiger partial charge is 0.414 e. The summed E-state index contributed by atoms with van der Waals surface area (Å²) in [4.78, 5) is 31.5. The van der Waals surface area contributed by atoms with E-state index < -0.39 is 29.5 Å². The Labute approximate surface area is 157 Å². The fourth-order valence-electron chi connectivity index (χ4n) is 2.72. The molecule has 1 aromatic carbocycles.